The van der Waals surface area contributed by atoms with Crippen molar-refractivity contribution in [2.75, 3.05) is 5.43 Å². The third-order valence-corrected chi connectivity index (χ3v) is 2.57. The molecule has 1 heterocycles. The van der Waals surface area contributed by atoms with E-state index < -0.39 is 0 Å². The number of hydrazine groups is 1. The lowest BCUT2D eigenvalue weighted by molar-refractivity contribution is 0.298. The number of aromatic nitrogens is 2. The van der Waals surface area contributed by atoms with Gasteiger partial charge in [-0.1, -0.05) is 12.1 Å². The summed E-state index contributed by atoms with van der Waals surface area (Å²) in [5.41, 5.74) is 5.47. The molecule has 0 saturated carbocycles. The van der Waals surface area contributed by atoms with Gasteiger partial charge in [0.25, 0.3) is 0 Å². The Morgan fingerprint density at radius 3 is 2.72 bits per heavy atom. The van der Waals surface area contributed by atoms with Gasteiger partial charge in [-0.05, 0) is 31.0 Å². The molecule has 0 amide bonds. The van der Waals surface area contributed by atoms with Gasteiger partial charge in [-0.3, -0.25) is 4.98 Å². The fraction of sp³-hybridized carbons (Fsp3) is 0.231. The molecular formula is C13H16N4O. The summed E-state index contributed by atoms with van der Waals surface area (Å²) >= 11 is 0. The first-order chi connectivity index (χ1) is 8.69. The van der Waals surface area contributed by atoms with Crippen LogP contribution in [0.5, 0.6) is 5.75 Å². The normalized spacial score (nSPS) is 10.2. The Morgan fingerprint density at radius 2 is 2.06 bits per heavy atom. The van der Waals surface area contributed by atoms with Gasteiger partial charge in [0.2, 0.25) is 0 Å². The zero-order valence-electron chi connectivity index (χ0n) is 10.5. The number of benzene rings is 1. The number of nitrogens with one attached hydrogen (secondary N) is 1. The Labute approximate surface area is 106 Å². The molecular weight excluding hydrogens is 228 g/mol. The maximum Gasteiger partial charge on any atom is 0.158 e. The minimum absolute atomic E-state index is 0.391. The molecule has 0 saturated heterocycles. The summed E-state index contributed by atoms with van der Waals surface area (Å²) in [6.07, 6.45) is 3.21. The Morgan fingerprint density at radius 1 is 1.22 bits per heavy atom. The minimum Gasteiger partial charge on any atom is -0.487 e. The third-order valence-electron chi connectivity index (χ3n) is 2.57. The van der Waals surface area contributed by atoms with Crippen LogP contribution in [0.25, 0.3) is 0 Å². The van der Waals surface area contributed by atoms with Crippen LogP contribution in [0.4, 0.5) is 5.82 Å². The van der Waals surface area contributed by atoms with Crippen LogP contribution in [-0.4, -0.2) is 9.97 Å². The molecule has 0 unspecified atom stereocenters. The maximum absolute atomic E-state index is 5.72. The molecule has 2 rings (SSSR count). The van der Waals surface area contributed by atoms with E-state index in [1.54, 1.807) is 12.4 Å². The van der Waals surface area contributed by atoms with Crippen molar-refractivity contribution in [2.45, 2.75) is 20.5 Å². The third kappa shape index (κ3) is 2.95. The summed E-state index contributed by atoms with van der Waals surface area (Å²) in [4.78, 5) is 8.26. The van der Waals surface area contributed by atoms with Crippen molar-refractivity contribution in [1.82, 2.24) is 9.97 Å². The van der Waals surface area contributed by atoms with Crippen LogP contribution < -0.4 is 16.0 Å². The fourth-order valence-corrected chi connectivity index (χ4v) is 1.52. The number of nitrogens with zero attached hydrogens (tertiary/aromatic N) is 2. The summed E-state index contributed by atoms with van der Waals surface area (Å²) in [5, 5.41) is 0. The van der Waals surface area contributed by atoms with Crippen molar-refractivity contribution in [2.24, 2.45) is 5.84 Å². The average Bonchev–Trinajstić information content (AvgIpc) is 2.40. The summed E-state index contributed by atoms with van der Waals surface area (Å²) in [6, 6.07) is 6.11. The second-order valence-corrected chi connectivity index (χ2v) is 4.09. The van der Waals surface area contributed by atoms with Crippen LogP contribution in [0.15, 0.2) is 30.6 Å². The van der Waals surface area contributed by atoms with Crippen molar-refractivity contribution >= 4 is 5.82 Å². The lowest BCUT2D eigenvalue weighted by Crippen LogP contribution is -2.09. The summed E-state index contributed by atoms with van der Waals surface area (Å²) in [7, 11) is 0. The zero-order valence-corrected chi connectivity index (χ0v) is 10.5. The highest BCUT2D eigenvalue weighted by Gasteiger charge is 2.02. The highest BCUT2D eigenvalue weighted by atomic mass is 16.5. The van der Waals surface area contributed by atoms with Gasteiger partial charge in [-0.25, -0.2) is 10.8 Å². The summed E-state index contributed by atoms with van der Waals surface area (Å²) in [6.45, 7) is 4.44. The lowest BCUT2D eigenvalue weighted by atomic mass is 10.1. The Balaban J connectivity index is 2.04. The standard InChI is InChI=1S/C13H16N4O/c1-9-3-4-10(2)12(5-9)18-8-11-6-16-13(17-14)7-15-11/h3-7H,8,14H2,1-2H3,(H,16,17). The summed E-state index contributed by atoms with van der Waals surface area (Å²) < 4.78 is 5.72. The van der Waals surface area contributed by atoms with E-state index in [0.717, 1.165) is 17.0 Å². The summed E-state index contributed by atoms with van der Waals surface area (Å²) in [5.74, 6) is 6.62. The van der Waals surface area contributed by atoms with E-state index in [1.165, 1.54) is 5.56 Å². The fourth-order valence-electron chi connectivity index (χ4n) is 1.52. The second-order valence-electron chi connectivity index (χ2n) is 4.09. The highest BCUT2D eigenvalue weighted by Crippen LogP contribution is 2.20. The van der Waals surface area contributed by atoms with E-state index in [2.05, 4.69) is 21.5 Å². The molecule has 3 N–H and O–H groups in total. The molecule has 0 aliphatic heterocycles. The van der Waals surface area contributed by atoms with Gasteiger partial charge < -0.3 is 10.2 Å². The first-order valence-corrected chi connectivity index (χ1v) is 5.66. The molecule has 0 radical (unpaired) electrons. The van der Waals surface area contributed by atoms with Gasteiger partial charge in [0.15, 0.2) is 5.82 Å². The average molecular weight is 244 g/mol. The van der Waals surface area contributed by atoms with Crippen molar-refractivity contribution in [1.29, 1.82) is 0 Å². The Hall–Kier alpha value is -2.14. The van der Waals surface area contributed by atoms with E-state index in [-0.39, 0.29) is 0 Å². The zero-order chi connectivity index (χ0) is 13.0. The number of anilines is 1. The van der Waals surface area contributed by atoms with Crippen molar-refractivity contribution < 1.29 is 4.74 Å². The number of rotatable bonds is 4. The van der Waals surface area contributed by atoms with Crippen LogP contribution in [0, 0.1) is 13.8 Å². The predicted molar refractivity (Wildman–Crippen MR) is 70.1 cm³/mol. The molecule has 0 aliphatic carbocycles. The van der Waals surface area contributed by atoms with Gasteiger partial charge in [-0.15, -0.1) is 0 Å². The van der Waals surface area contributed by atoms with Gasteiger partial charge in [-0.2, -0.15) is 0 Å². The van der Waals surface area contributed by atoms with E-state index in [4.69, 9.17) is 10.6 Å². The van der Waals surface area contributed by atoms with E-state index >= 15 is 0 Å². The first kappa shape index (κ1) is 12.3. The number of ether oxygens (including phenoxy) is 1. The molecule has 0 bridgehead atoms. The van der Waals surface area contributed by atoms with Crippen molar-refractivity contribution in [3.05, 3.63) is 47.4 Å². The van der Waals surface area contributed by atoms with Gasteiger partial charge in [0, 0.05) is 0 Å². The highest BCUT2D eigenvalue weighted by molar-refractivity contribution is 5.36. The minimum atomic E-state index is 0.391. The topological polar surface area (TPSA) is 73.1 Å². The maximum atomic E-state index is 5.72. The van der Waals surface area contributed by atoms with Crippen LogP contribution >= 0.6 is 0 Å². The number of aryl methyl sites for hydroxylation is 2. The lowest BCUT2D eigenvalue weighted by Gasteiger charge is -2.09. The second kappa shape index (κ2) is 5.46. The number of nitrogens with two attached hydrogens (primary N) is 1. The SMILES string of the molecule is Cc1ccc(C)c(OCc2cnc(NN)cn2)c1. The molecule has 0 spiro atoms. The van der Waals surface area contributed by atoms with E-state index in [0.29, 0.717) is 12.4 Å². The molecule has 0 fully saturated rings. The predicted octanol–water partition coefficient (Wildman–Crippen LogP) is 1.96. The molecule has 5 heteroatoms. The van der Waals surface area contributed by atoms with E-state index in [9.17, 15) is 0 Å². The number of hydrogen-bond acceptors (Lipinski definition) is 5. The first-order valence-electron chi connectivity index (χ1n) is 5.66. The molecule has 1 aromatic carbocycles. The van der Waals surface area contributed by atoms with E-state index in [1.807, 2.05) is 26.0 Å². The number of hydrogen-bond donors (Lipinski definition) is 2. The quantitative estimate of drug-likeness (QED) is 0.635. The van der Waals surface area contributed by atoms with Gasteiger partial charge >= 0.3 is 0 Å². The molecule has 0 atom stereocenters. The largest absolute Gasteiger partial charge is 0.487 e. The molecule has 94 valence electrons. The van der Waals surface area contributed by atoms with Crippen LogP contribution in [0.3, 0.4) is 0 Å². The number of nitrogen functional groups attached to an aromatic ring is 1. The smallest absolute Gasteiger partial charge is 0.158 e. The Bertz CT molecular complexity index is 525. The van der Waals surface area contributed by atoms with Crippen molar-refractivity contribution in [3.63, 3.8) is 0 Å². The molecule has 1 aromatic heterocycles. The molecule has 2 aromatic rings. The van der Waals surface area contributed by atoms with Gasteiger partial charge in [0.05, 0.1) is 18.1 Å². The van der Waals surface area contributed by atoms with Crippen LogP contribution in [0.1, 0.15) is 16.8 Å². The Kier molecular flexibility index (Phi) is 3.74. The monoisotopic (exact) mass is 244 g/mol. The van der Waals surface area contributed by atoms with Crippen molar-refractivity contribution in [3.8, 4) is 5.75 Å². The van der Waals surface area contributed by atoms with Crippen LogP contribution in [0.2, 0.25) is 0 Å². The molecule has 18 heavy (non-hydrogen) atoms. The molecule has 0 aliphatic rings. The van der Waals surface area contributed by atoms with Crippen LogP contribution in [-0.2, 0) is 6.61 Å². The molecule has 5 nitrogen and oxygen atoms in total. The van der Waals surface area contributed by atoms with Gasteiger partial charge in [0.1, 0.15) is 12.4 Å².